The van der Waals surface area contributed by atoms with Crippen LogP contribution in [-0.2, 0) is 0 Å². The van der Waals surface area contributed by atoms with Gasteiger partial charge in [0.1, 0.15) is 11.6 Å². The first kappa shape index (κ1) is 14.0. The van der Waals surface area contributed by atoms with Gasteiger partial charge in [-0.2, -0.15) is 4.39 Å². The average Bonchev–Trinajstić information content (AvgIpc) is 2.38. The summed E-state index contributed by atoms with van der Waals surface area (Å²) < 4.78 is 18.5. The van der Waals surface area contributed by atoms with E-state index in [4.69, 9.17) is 4.74 Å². The number of aromatic nitrogens is 1. The third kappa shape index (κ3) is 3.78. The van der Waals surface area contributed by atoms with Crippen LogP contribution >= 0.6 is 0 Å². The highest BCUT2D eigenvalue weighted by Crippen LogP contribution is 2.16. The molecule has 0 spiro atoms. The average molecular weight is 274 g/mol. The number of hydrogen-bond donors (Lipinski definition) is 1. The Hall–Kier alpha value is -2.43. The number of carbonyl (C=O) groups is 1. The number of anilines is 1. The van der Waals surface area contributed by atoms with Gasteiger partial charge in [-0.3, -0.25) is 4.79 Å². The van der Waals surface area contributed by atoms with E-state index in [2.05, 4.69) is 10.3 Å². The summed E-state index contributed by atoms with van der Waals surface area (Å²) in [4.78, 5) is 15.6. The Morgan fingerprint density at radius 2 is 2.00 bits per heavy atom. The molecule has 20 heavy (non-hydrogen) atoms. The van der Waals surface area contributed by atoms with E-state index in [1.807, 2.05) is 13.8 Å². The molecule has 0 unspecified atom stereocenters. The Labute approximate surface area is 116 Å². The van der Waals surface area contributed by atoms with E-state index in [-0.39, 0.29) is 17.8 Å². The molecule has 0 aliphatic carbocycles. The maximum absolute atomic E-state index is 12.9. The van der Waals surface area contributed by atoms with Crippen molar-refractivity contribution >= 4 is 11.7 Å². The van der Waals surface area contributed by atoms with Crippen LogP contribution < -0.4 is 10.1 Å². The number of carbonyl (C=O) groups excluding carboxylic acids is 1. The van der Waals surface area contributed by atoms with Crippen LogP contribution in [0.4, 0.5) is 10.2 Å². The number of amides is 1. The molecule has 1 N–H and O–H groups in total. The maximum Gasteiger partial charge on any atom is 0.256 e. The topological polar surface area (TPSA) is 51.2 Å². The van der Waals surface area contributed by atoms with Crippen molar-refractivity contribution in [1.82, 2.24) is 4.98 Å². The highest BCUT2D eigenvalue weighted by Gasteiger charge is 2.09. The van der Waals surface area contributed by atoms with Crippen LogP contribution in [0, 0.1) is 5.95 Å². The van der Waals surface area contributed by atoms with Gasteiger partial charge in [0.15, 0.2) is 0 Å². The molecule has 0 radical (unpaired) electrons. The van der Waals surface area contributed by atoms with Gasteiger partial charge in [0.05, 0.1) is 6.10 Å². The van der Waals surface area contributed by atoms with Crippen LogP contribution in [0.2, 0.25) is 0 Å². The lowest BCUT2D eigenvalue weighted by Gasteiger charge is -2.10. The van der Waals surface area contributed by atoms with Crippen molar-refractivity contribution in [3.63, 3.8) is 0 Å². The summed E-state index contributed by atoms with van der Waals surface area (Å²) in [6, 6.07) is 11.0. The van der Waals surface area contributed by atoms with E-state index < -0.39 is 5.95 Å². The van der Waals surface area contributed by atoms with E-state index in [9.17, 15) is 9.18 Å². The smallest absolute Gasteiger partial charge is 0.256 e. The number of nitrogens with one attached hydrogen (secondary N) is 1. The minimum absolute atomic E-state index is 0.0261. The molecule has 2 aromatic rings. The van der Waals surface area contributed by atoms with Crippen molar-refractivity contribution in [1.29, 1.82) is 0 Å². The largest absolute Gasteiger partial charge is 0.491 e. The van der Waals surface area contributed by atoms with E-state index in [1.165, 1.54) is 18.2 Å². The van der Waals surface area contributed by atoms with E-state index in [1.54, 1.807) is 24.3 Å². The molecule has 1 amide bonds. The predicted octanol–water partition coefficient (Wildman–Crippen LogP) is 3.26. The molecule has 4 nitrogen and oxygen atoms in total. The zero-order valence-corrected chi connectivity index (χ0v) is 11.3. The summed E-state index contributed by atoms with van der Waals surface area (Å²) >= 11 is 0. The van der Waals surface area contributed by atoms with Crippen LogP contribution in [0.1, 0.15) is 24.2 Å². The third-order valence-corrected chi connectivity index (χ3v) is 2.42. The molecule has 1 aromatic carbocycles. The van der Waals surface area contributed by atoms with Crippen LogP contribution in [0.3, 0.4) is 0 Å². The molecular formula is C15H15FN2O2. The Morgan fingerprint density at radius 1 is 1.25 bits per heavy atom. The first-order valence-corrected chi connectivity index (χ1v) is 6.25. The molecule has 5 heteroatoms. The van der Waals surface area contributed by atoms with Gasteiger partial charge >= 0.3 is 0 Å². The minimum atomic E-state index is -0.639. The summed E-state index contributed by atoms with van der Waals surface area (Å²) in [5.74, 6) is -0.220. The molecule has 0 saturated heterocycles. The van der Waals surface area contributed by atoms with Crippen molar-refractivity contribution in [2.24, 2.45) is 0 Å². The zero-order valence-electron chi connectivity index (χ0n) is 11.3. The molecule has 0 saturated carbocycles. The van der Waals surface area contributed by atoms with Gasteiger partial charge < -0.3 is 10.1 Å². The first-order chi connectivity index (χ1) is 9.54. The molecule has 0 atom stereocenters. The molecular weight excluding hydrogens is 259 g/mol. The maximum atomic E-state index is 12.9. The number of pyridine rings is 1. The number of benzene rings is 1. The van der Waals surface area contributed by atoms with Crippen molar-refractivity contribution in [2.45, 2.75) is 20.0 Å². The number of rotatable bonds is 4. The zero-order chi connectivity index (χ0) is 14.5. The van der Waals surface area contributed by atoms with Gasteiger partial charge in [-0.05, 0) is 44.2 Å². The fraction of sp³-hybridized carbons (Fsp3) is 0.200. The Kier molecular flexibility index (Phi) is 4.30. The van der Waals surface area contributed by atoms with E-state index >= 15 is 0 Å². The van der Waals surface area contributed by atoms with Gasteiger partial charge in [0, 0.05) is 5.56 Å². The molecule has 2 rings (SSSR count). The molecule has 0 bridgehead atoms. The molecule has 1 aromatic heterocycles. The number of halogens is 1. The molecule has 0 aliphatic heterocycles. The number of hydrogen-bond acceptors (Lipinski definition) is 3. The fourth-order valence-corrected chi connectivity index (χ4v) is 1.65. The van der Waals surface area contributed by atoms with Crippen LogP contribution in [-0.4, -0.2) is 17.0 Å². The second-order valence-corrected chi connectivity index (χ2v) is 4.49. The van der Waals surface area contributed by atoms with E-state index in [0.29, 0.717) is 11.3 Å². The van der Waals surface area contributed by atoms with Gasteiger partial charge in [-0.25, -0.2) is 4.98 Å². The summed E-state index contributed by atoms with van der Waals surface area (Å²) in [7, 11) is 0. The molecule has 104 valence electrons. The van der Waals surface area contributed by atoms with Crippen LogP contribution in [0.15, 0.2) is 42.5 Å². The second kappa shape index (κ2) is 6.14. The lowest BCUT2D eigenvalue weighted by molar-refractivity contribution is 0.102. The summed E-state index contributed by atoms with van der Waals surface area (Å²) in [5, 5.41) is 2.53. The van der Waals surface area contributed by atoms with Crippen molar-refractivity contribution < 1.29 is 13.9 Å². The molecule has 0 aliphatic rings. The highest BCUT2D eigenvalue weighted by molar-refractivity contribution is 6.03. The minimum Gasteiger partial charge on any atom is -0.491 e. The quantitative estimate of drug-likeness (QED) is 0.871. The lowest BCUT2D eigenvalue weighted by atomic mass is 10.2. The SMILES string of the molecule is CC(C)Oc1cccc(C(=O)Nc2cccc(F)n2)c1. The Balaban J connectivity index is 2.13. The van der Waals surface area contributed by atoms with Gasteiger partial charge in [-0.1, -0.05) is 12.1 Å². The lowest BCUT2D eigenvalue weighted by Crippen LogP contribution is -2.14. The second-order valence-electron chi connectivity index (χ2n) is 4.49. The van der Waals surface area contributed by atoms with Crippen molar-refractivity contribution in [2.75, 3.05) is 5.32 Å². The summed E-state index contributed by atoms with van der Waals surface area (Å²) in [5.41, 5.74) is 0.425. The summed E-state index contributed by atoms with van der Waals surface area (Å²) in [6.45, 7) is 3.81. The third-order valence-electron chi connectivity index (χ3n) is 2.42. The number of nitrogens with zero attached hydrogens (tertiary/aromatic N) is 1. The monoisotopic (exact) mass is 274 g/mol. The molecule has 1 heterocycles. The van der Waals surface area contributed by atoms with Crippen molar-refractivity contribution in [3.8, 4) is 5.75 Å². The first-order valence-electron chi connectivity index (χ1n) is 6.25. The fourth-order valence-electron chi connectivity index (χ4n) is 1.65. The van der Waals surface area contributed by atoms with Gasteiger partial charge in [0.2, 0.25) is 5.95 Å². The van der Waals surface area contributed by atoms with Crippen LogP contribution in [0.25, 0.3) is 0 Å². The predicted molar refractivity (Wildman–Crippen MR) is 74.4 cm³/mol. The highest BCUT2D eigenvalue weighted by atomic mass is 19.1. The van der Waals surface area contributed by atoms with Gasteiger partial charge in [-0.15, -0.1) is 0 Å². The summed E-state index contributed by atoms with van der Waals surface area (Å²) in [6.07, 6.45) is 0.0261. The van der Waals surface area contributed by atoms with E-state index in [0.717, 1.165) is 0 Å². The molecule has 0 fully saturated rings. The number of ether oxygens (including phenoxy) is 1. The van der Waals surface area contributed by atoms with Crippen molar-refractivity contribution in [3.05, 3.63) is 54.0 Å². The standard InChI is InChI=1S/C15H15FN2O2/c1-10(2)20-12-6-3-5-11(9-12)15(19)18-14-8-4-7-13(16)17-14/h3-10H,1-2H3,(H,17,18,19). The van der Waals surface area contributed by atoms with Gasteiger partial charge in [0.25, 0.3) is 5.91 Å². The Morgan fingerprint density at radius 3 is 2.70 bits per heavy atom. The normalized spacial score (nSPS) is 10.4. The Bertz CT molecular complexity index is 614. The van der Waals surface area contributed by atoms with Crippen LogP contribution in [0.5, 0.6) is 5.75 Å².